The molecule has 3 rings (SSSR count). The van der Waals surface area contributed by atoms with E-state index in [9.17, 15) is 18.4 Å². The Labute approximate surface area is 148 Å². The molecule has 0 saturated heterocycles. The van der Waals surface area contributed by atoms with Crippen LogP contribution in [0.2, 0.25) is 0 Å². The van der Waals surface area contributed by atoms with Gasteiger partial charge in [-0.3, -0.25) is 9.59 Å². The summed E-state index contributed by atoms with van der Waals surface area (Å²) in [6.07, 6.45) is 1.63. The second-order valence-corrected chi connectivity index (χ2v) is 6.32. The monoisotopic (exact) mass is 363 g/mol. The number of amides is 2. The van der Waals surface area contributed by atoms with Gasteiger partial charge >= 0.3 is 0 Å². The van der Waals surface area contributed by atoms with E-state index in [2.05, 4.69) is 4.98 Å². The summed E-state index contributed by atoms with van der Waals surface area (Å²) in [5, 5.41) is 0. The molecule has 138 valence electrons. The molecule has 2 heterocycles. The molecule has 0 aliphatic carbocycles. The number of fused-ring (bicyclic) bond motifs is 1. The molecule has 0 unspecified atom stereocenters. The standard InChI is InChI=1S/C17H19F2N5O2/c18-11-1-2-13(19)10(5-11)6-12(20)7-16(25)24-4-3-23-8-14(17(21)26)22-15(23)9-24/h1-2,5,8,12H,3-4,6-7,9,20H2,(H2,21,26)/t12-/m1/s1. The highest BCUT2D eigenvalue weighted by molar-refractivity contribution is 5.90. The van der Waals surface area contributed by atoms with Crippen LogP contribution in [0.5, 0.6) is 0 Å². The number of rotatable bonds is 5. The first-order chi connectivity index (χ1) is 12.3. The summed E-state index contributed by atoms with van der Waals surface area (Å²) < 4.78 is 28.7. The van der Waals surface area contributed by atoms with E-state index in [1.165, 1.54) is 0 Å². The van der Waals surface area contributed by atoms with Gasteiger partial charge in [-0.15, -0.1) is 0 Å². The van der Waals surface area contributed by atoms with Crippen LogP contribution in [0, 0.1) is 11.6 Å². The van der Waals surface area contributed by atoms with E-state index in [-0.39, 0.29) is 36.6 Å². The quantitative estimate of drug-likeness (QED) is 0.809. The number of primary amides is 1. The molecule has 0 spiro atoms. The fraction of sp³-hybridized carbons (Fsp3) is 0.353. The van der Waals surface area contributed by atoms with Gasteiger partial charge in [-0.2, -0.15) is 0 Å². The molecule has 1 aliphatic rings. The normalized spacial score (nSPS) is 14.8. The first-order valence-corrected chi connectivity index (χ1v) is 8.16. The van der Waals surface area contributed by atoms with Gasteiger partial charge in [0.15, 0.2) is 0 Å². The summed E-state index contributed by atoms with van der Waals surface area (Å²) in [4.78, 5) is 29.3. The number of nitrogens with zero attached hydrogens (tertiary/aromatic N) is 3. The van der Waals surface area contributed by atoms with Gasteiger partial charge in [0, 0.05) is 31.7 Å². The van der Waals surface area contributed by atoms with Crippen LogP contribution in [-0.4, -0.2) is 38.9 Å². The van der Waals surface area contributed by atoms with Crippen LogP contribution in [-0.2, 0) is 24.3 Å². The Balaban J connectivity index is 1.61. The molecule has 4 N–H and O–H groups in total. The highest BCUT2D eigenvalue weighted by atomic mass is 19.1. The molecule has 1 aromatic heterocycles. The van der Waals surface area contributed by atoms with Crippen molar-refractivity contribution in [3.8, 4) is 0 Å². The molecular weight excluding hydrogens is 344 g/mol. The van der Waals surface area contributed by atoms with Crippen LogP contribution in [0.25, 0.3) is 0 Å². The third-order valence-corrected chi connectivity index (χ3v) is 4.33. The summed E-state index contributed by atoms with van der Waals surface area (Å²) in [6, 6.07) is 2.52. The largest absolute Gasteiger partial charge is 0.364 e. The average molecular weight is 363 g/mol. The summed E-state index contributed by atoms with van der Waals surface area (Å²) in [5.41, 5.74) is 11.5. The molecule has 1 aliphatic heterocycles. The lowest BCUT2D eigenvalue weighted by molar-refractivity contribution is -0.133. The van der Waals surface area contributed by atoms with Crippen molar-refractivity contribution in [2.45, 2.75) is 32.0 Å². The lowest BCUT2D eigenvalue weighted by atomic mass is 10.0. The molecule has 0 bridgehead atoms. The first-order valence-electron chi connectivity index (χ1n) is 8.16. The van der Waals surface area contributed by atoms with Crippen LogP contribution in [0.4, 0.5) is 8.78 Å². The van der Waals surface area contributed by atoms with Crippen LogP contribution in [0.15, 0.2) is 24.4 Å². The van der Waals surface area contributed by atoms with Gasteiger partial charge in [0.2, 0.25) is 5.91 Å². The third kappa shape index (κ3) is 3.88. The maximum Gasteiger partial charge on any atom is 0.268 e. The Hall–Kier alpha value is -2.81. The Morgan fingerprint density at radius 2 is 2.04 bits per heavy atom. The predicted molar refractivity (Wildman–Crippen MR) is 88.8 cm³/mol. The molecule has 0 saturated carbocycles. The topological polar surface area (TPSA) is 107 Å². The predicted octanol–water partition coefficient (Wildman–Crippen LogP) is 0.563. The Morgan fingerprint density at radius 1 is 1.27 bits per heavy atom. The van der Waals surface area contributed by atoms with Crippen molar-refractivity contribution < 1.29 is 18.4 Å². The van der Waals surface area contributed by atoms with Crippen molar-refractivity contribution in [2.24, 2.45) is 11.5 Å². The van der Waals surface area contributed by atoms with Gasteiger partial charge in [-0.05, 0) is 30.2 Å². The molecule has 1 atom stereocenters. The number of carbonyl (C=O) groups is 2. The average Bonchev–Trinajstić information content (AvgIpc) is 3.01. The molecule has 9 heteroatoms. The minimum absolute atomic E-state index is 0.000656. The van der Waals surface area contributed by atoms with Crippen molar-refractivity contribution in [3.05, 3.63) is 53.1 Å². The van der Waals surface area contributed by atoms with Gasteiger partial charge in [0.1, 0.15) is 23.2 Å². The van der Waals surface area contributed by atoms with Gasteiger partial charge in [0.05, 0.1) is 6.54 Å². The maximum atomic E-state index is 13.7. The van der Waals surface area contributed by atoms with Crippen LogP contribution >= 0.6 is 0 Å². The highest BCUT2D eigenvalue weighted by Gasteiger charge is 2.25. The SMILES string of the molecule is NC(=O)c1cn2c(n1)CN(C(=O)C[C@H](N)Cc1cc(F)ccc1F)CC2. The zero-order valence-corrected chi connectivity index (χ0v) is 14.0. The number of hydrogen-bond donors (Lipinski definition) is 2. The Kier molecular flexibility index (Phi) is 4.99. The first kappa shape index (κ1) is 18.0. The number of halogens is 2. The van der Waals surface area contributed by atoms with E-state index in [4.69, 9.17) is 11.5 Å². The molecule has 2 amide bonds. The third-order valence-electron chi connectivity index (χ3n) is 4.33. The van der Waals surface area contributed by atoms with Crippen LogP contribution in [0.3, 0.4) is 0 Å². The van der Waals surface area contributed by atoms with Crippen molar-refractivity contribution in [3.63, 3.8) is 0 Å². The van der Waals surface area contributed by atoms with Gasteiger partial charge < -0.3 is 20.9 Å². The highest BCUT2D eigenvalue weighted by Crippen LogP contribution is 2.16. The molecular formula is C17H19F2N5O2. The van der Waals surface area contributed by atoms with Crippen molar-refractivity contribution in [1.82, 2.24) is 14.5 Å². The molecule has 26 heavy (non-hydrogen) atoms. The van der Waals surface area contributed by atoms with E-state index in [0.717, 1.165) is 18.2 Å². The van der Waals surface area contributed by atoms with Crippen LogP contribution < -0.4 is 11.5 Å². The summed E-state index contributed by atoms with van der Waals surface area (Å²) in [6.45, 7) is 1.18. The van der Waals surface area contributed by atoms with Gasteiger partial charge in [0.25, 0.3) is 5.91 Å². The van der Waals surface area contributed by atoms with E-state index >= 15 is 0 Å². The number of nitrogens with two attached hydrogens (primary N) is 2. The zero-order chi connectivity index (χ0) is 18.8. The van der Waals surface area contributed by atoms with E-state index in [1.54, 1.807) is 15.7 Å². The van der Waals surface area contributed by atoms with Crippen molar-refractivity contribution in [1.29, 1.82) is 0 Å². The van der Waals surface area contributed by atoms with E-state index < -0.39 is 23.6 Å². The Morgan fingerprint density at radius 3 is 2.77 bits per heavy atom. The lowest BCUT2D eigenvalue weighted by Gasteiger charge is -2.28. The smallest absolute Gasteiger partial charge is 0.268 e. The summed E-state index contributed by atoms with van der Waals surface area (Å²) >= 11 is 0. The summed E-state index contributed by atoms with van der Waals surface area (Å²) in [5.74, 6) is -1.35. The Bertz CT molecular complexity index is 852. The maximum absolute atomic E-state index is 13.7. The number of carbonyl (C=O) groups excluding carboxylic acids is 2. The van der Waals surface area contributed by atoms with E-state index in [1.807, 2.05) is 0 Å². The number of benzene rings is 1. The number of imidazole rings is 1. The minimum Gasteiger partial charge on any atom is -0.364 e. The number of aromatic nitrogens is 2. The summed E-state index contributed by atoms with van der Waals surface area (Å²) in [7, 11) is 0. The molecule has 1 aromatic carbocycles. The van der Waals surface area contributed by atoms with Gasteiger partial charge in [-0.25, -0.2) is 13.8 Å². The fourth-order valence-corrected chi connectivity index (χ4v) is 2.99. The number of hydrogen-bond acceptors (Lipinski definition) is 4. The van der Waals surface area contributed by atoms with Crippen molar-refractivity contribution >= 4 is 11.8 Å². The zero-order valence-electron chi connectivity index (χ0n) is 14.0. The minimum atomic E-state index is -0.637. The fourth-order valence-electron chi connectivity index (χ4n) is 2.99. The lowest BCUT2D eigenvalue weighted by Crippen LogP contribution is -2.41. The van der Waals surface area contributed by atoms with E-state index in [0.29, 0.717) is 18.9 Å². The second-order valence-electron chi connectivity index (χ2n) is 6.32. The van der Waals surface area contributed by atoms with Gasteiger partial charge in [-0.1, -0.05) is 0 Å². The molecule has 0 radical (unpaired) electrons. The van der Waals surface area contributed by atoms with Crippen molar-refractivity contribution in [2.75, 3.05) is 6.54 Å². The van der Waals surface area contributed by atoms with Crippen LogP contribution in [0.1, 0.15) is 28.3 Å². The molecule has 7 nitrogen and oxygen atoms in total. The molecule has 0 fully saturated rings. The second kappa shape index (κ2) is 7.20. The molecule has 2 aromatic rings.